The van der Waals surface area contributed by atoms with Crippen molar-refractivity contribution in [2.24, 2.45) is 0 Å². The molecule has 0 N–H and O–H groups in total. The Balaban J connectivity index is 2.21. The second kappa shape index (κ2) is 2.30. The van der Waals surface area contributed by atoms with Crippen molar-refractivity contribution in [3.8, 4) is 0 Å². The summed E-state index contributed by atoms with van der Waals surface area (Å²) in [6.45, 7) is 0. The molecule has 1 nitrogen and oxygen atoms in total. The molecule has 0 radical (unpaired) electrons. The highest BCUT2D eigenvalue weighted by molar-refractivity contribution is 7.16. The first-order valence-corrected chi connectivity index (χ1v) is 5.14. The first kappa shape index (κ1) is 6.61. The minimum atomic E-state index is 0.821. The van der Waals surface area contributed by atoms with Gasteiger partial charge in [-0.2, -0.15) is 0 Å². The van der Waals surface area contributed by atoms with Gasteiger partial charge in [-0.1, -0.05) is 0 Å². The fourth-order valence-corrected chi connectivity index (χ4v) is 2.24. The summed E-state index contributed by atoms with van der Waals surface area (Å²) in [6.07, 6.45) is 4.76. The van der Waals surface area contributed by atoms with Crippen LogP contribution >= 0.6 is 11.3 Å². The summed E-state index contributed by atoms with van der Waals surface area (Å²) in [7, 11) is 0. The van der Waals surface area contributed by atoms with E-state index < -0.39 is 0 Å². The van der Waals surface area contributed by atoms with E-state index in [1.165, 1.54) is 28.6 Å². The predicted octanol–water partition coefficient (Wildman–Crippen LogP) is 3.17. The summed E-state index contributed by atoms with van der Waals surface area (Å²) in [5, 5.41) is 3.42. The third-order valence-corrected chi connectivity index (χ3v) is 3.21. The second-order valence-electron chi connectivity index (χ2n) is 3.36. The Bertz CT molecular complexity index is 414. The minimum absolute atomic E-state index is 0.821. The van der Waals surface area contributed by atoms with E-state index in [9.17, 15) is 0 Å². The van der Waals surface area contributed by atoms with Crippen LogP contribution in [0, 0.1) is 0 Å². The van der Waals surface area contributed by atoms with Gasteiger partial charge >= 0.3 is 0 Å². The molecule has 3 rings (SSSR count). The van der Waals surface area contributed by atoms with Crippen LogP contribution in [0.3, 0.4) is 0 Å². The Hall–Kier alpha value is -0.890. The van der Waals surface area contributed by atoms with Gasteiger partial charge in [0.15, 0.2) is 0 Å². The first-order valence-electron chi connectivity index (χ1n) is 4.26. The van der Waals surface area contributed by atoms with Gasteiger partial charge in [-0.3, -0.25) is 0 Å². The number of hydrogen-bond donors (Lipinski definition) is 0. The minimum Gasteiger partial charge on any atom is -0.245 e. The highest BCUT2D eigenvalue weighted by atomic mass is 32.1. The molecule has 2 heteroatoms. The third-order valence-electron chi connectivity index (χ3n) is 2.38. The van der Waals surface area contributed by atoms with E-state index in [1.54, 1.807) is 11.3 Å². The summed E-state index contributed by atoms with van der Waals surface area (Å²) in [6, 6.07) is 4.44. The van der Waals surface area contributed by atoms with Gasteiger partial charge in [0, 0.05) is 11.6 Å². The number of fused-ring (bicyclic) bond motifs is 1. The zero-order valence-electron chi connectivity index (χ0n) is 6.66. The molecule has 0 bridgehead atoms. The van der Waals surface area contributed by atoms with Crippen LogP contribution in [-0.2, 0) is 0 Å². The summed E-state index contributed by atoms with van der Waals surface area (Å²) >= 11 is 1.72. The van der Waals surface area contributed by atoms with Crippen molar-refractivity contribution in [2.45, 2.75) is 18.8 Å². The van der Waals surface area contributed by atoms with Crippen molar-refractivity contribution in [1.29, 1.82) is 0 Å². The van der Waals surface area contributed by atoms with Crippen LogP contribution in [0.15, 0.2) is 23.7 Å². The Morgan fingerprint density at radius 3 is 3.17 bits per heavy atom. The number of nitrogens with zero attached hydrogens (tertiary/aromatic N) is 1. The van der Waals surface area contributed by atoms with Gasteiger partial charge in [0.2, 0.25) is 0 Å². The summed E-state index contributed by atoms with van der Waals surface area (Å²) in [5.74, 6) is 0.821. The number of thiophene rings is 1. The van der Waals surface area contributed by atoms with Crippen molar-refractivity contribution >= 4 is 21.6 Å². The molecule has 2 aromatic heterocycles. The van der Waals surface area contributed by atoms with Crippen LogP contribution in [0.25, 0.3) is 10.2 Å². The largest absolute Gasteiger partial charge is 0.245 e. The molecule has 2 aromatic rings. The molecular weight excluding hydrogens is 166 g/mol. The zero-order valence-corrected chi connectivity index (χ0v) is 7.47. The quantitative estimate of drug-likeness (QED) is 0.648. The Labute approximate surface area is 75.1 Å². The molecule has 0 saturated heterocycles. The van der Waals surface area contributed by atoms with E-state index in [0.717, 1.165) is 5.92 Å². The van der Waals surface area contributed by atoms with Gasteiger partial charge in [-0.05, 0) is 41.8 Å². The number of aromatic nitrogens is 1. The molecule has 0 unspecified atom stereocenters. The predicted molar refractivity (Wildman–Crippen MR) is 51.6 cm³/mol. The van der Waals surface area contributed by atoms with Crippen LogP contribution in [-0.4, -0.2) is 4.98 Å². The van der Waals surface area contributed by atoms with E-state index in [1.807, 2.05) is 6.20 Å². The van der Waals surface area contributed by atoms with Gasteiger partial charge in [0.25, 0.3) is 0 Å². The normalized spacial score (nSPS) is 17.0. The number of hydrogen-bond acceptors (Lipinski definition) is 2. The molecule has 1 fully saturated rings. The molecular formula is C10H9NS. The number of pyridine rings is 1. The van der Waals surface area contributed by atoms with Crippen molar-refractivity contribution < 1.29 is 0 Å². The van der Waals surface area contributed by atoms with E-state index in [-0.39, 0.29) is 0 Å². The molecule has 1 aliphatic rings. The van der Waals surface area contributed by atoms with E-state index in [4.69, 9.17) is 0 Å². The molecule has 0 atom stereocenters. The molecule has 1 saturated carbocycles. The molecule has 1 aliphatic carbocycles. The van der Waals surface area contributed by atoms with E-state index in [2.05, 4.69) is 22.5 Å². The molecule has 2 heterocycles. The SMILES string of the molecule is c1cc2cc(C3CC3)cnc2s1. The van der Waals surface area contributed by atoms with Gasteiger partial charge in [-0.15, -0.1) is 11.3 Å². The maximum absolute atomic E-state index is 4.42. The van der Waals surface area contributed by atoms with Gasteiger partial charge in [-0.25, -0.2) is 4.98 Å². The fourth-order valence-electron chi connectivity index (χ4n) is 1.52. The highest BCUT2D eigenvalue weighted by Crippen LogP contribution is 2.40. The average molecular weight is 175 g/mol. The Morgan fingerprint density at radius 2 is 2.33 bits per heavy atom. The summed E-state index contributed by atoms with van der Waals surface area (Å²) < 4.78 is 0. The number of rotatable bonds is 1. The topological polar surface area (TPSA) is 12.9 Å². The van der Waals surface area contributed by atoms with Crippen LogP contribution in [0.2, 0.25) is 0 Å². The highest BCUT2D eigenvalue weighted by Gasteiger charge is 2.23. The van der Waals surface area contributed by atoms with Crippen LogP contribution in [0.1, 0.15) is 24.3 Å². The lowest BCUT2D eigenvalue weighted by molar-refractivity contribution is 1.11. The van der Waals surface area contributed by atoms with Gasteiger partial charge < -0.3 is 0 Å². The van der Waals surface area contributed by atoms with Crippen molar-refractivity contribution in [2.75, 3.05) is 0 Å². The van der Waals surface area contributed by atoms with E-state index in [0.29, 0.717) is 0 Å². The van der Waals surface area contributed by atoms with Crippen molar-refractivity contribution in [3.05, 3.63) is 29.3 Å². The zero-order chi connectivity index (χ0) is 7.97. The Kier molecular flexibility index (Phi) is 1.27. The fraction of sp³-hybridized carbons (Fsp3) is 0.300. The van der Waals surface area contributed by atoms with Crippen molar-refractivity contribution in [1.82, 2.24) is 4.98 Å². The summed E-state index contributed by atoms with van der Waals surface area (Å²) in [5.41, 5.74) is 1.43. The maximum atomic E-state index is 4.42. The van der Waals surface area contributed by atoms with Crippen LogP contribution in [0.4, 0.5) is 0 Å². The molecule has 0 aromatic carbocycles. The van der Waals surface area contributed by atoms with Crippen molar-refractivity contribution in [3.63, 3.8) is 0 Å². The third kappa shape index (κ3) is 0.950. The lowest BCUT2D eigenvalue weighted by Crippen LogP contribution is -1.80. The van der Waals surface area contributed by atoms with Gasteiger partial charge in [0.1, 0.15) is 4.83 Å². The lowest BCUT2D eigenvalue weighted by atomic mass is 10.2. The smallest absolute Gasteiger partial charge is 0.123 e. The van der Waals surface area contributed by atoms with Gasteiger partial charge in [0.05, 0.1) is 0 Å². The van der Waals surface area contributed by atoms with Crippen LogP contribution in [0.5, 0.6) is 0 Å². The summed E-state index contributed by atoms with van der Waals surface area (Å²) in [4.78, 5) is 5.59. The molecule has 0 spiro atoms. The standard InChI is InChI=1S/C10H9NS/c1-2-7(1)9-5-8-3-4-12-10(8)11-6-9/h3-7H,1-2H2. The Morgan fingerprint density at radius 1 is 1.42 bits per heavy atom. The molecule has 12 heavy (non-hydrogen) atoms. The molecule has 0 aliphatic heterocycles. The lowest BCUT2D eigenvalue weighted by Gasteiger charge is -1.95. The second-order valence-corrected chi connectivity index (χ2v) is 4.25. The van der Waals surface area contributed by atoms with E-state index >= 15 is 0 Å². The van der Waals surface area contributed by atoms with Crippen LogP contribution < -0.4 is 0 Å². The molecule has 60 valence electrons. The molecule has 0 amide bonds. The maximum Gasteiger partial charge on any atom is 0.123 e. The monoisotopic (exact) mass is 175 g/mol. The first-order chi connectivity index (χ1) is 5.93. The average Bonchev–Trinajstić information content (AvgIpc) is 2.84.